The van der Waals surface area contributed by atoms with Crippen LogP contribution in [-0.4, -0.2) is 19.2 Å². The van der Waals surface area contributed by atoms with Crippen LogP contribution >= 0.6 is 27.3 Å². The van der Waals surface area contributed by atoms with Gasteiger partial charge in [-0.15, -0.1) is 0 Å². The molecule has 1 heterocycles. The second-order valence-electron chi connectivity index (χ2n) is 3.05. The maximum Gasteiger partial charge on any atom is 0.273 e. The van der Waals surface area contributed by atoms with Crippen LogP contribution in [0, 0.1) is 0 Å². The molecule has 0 N–H and O–H groups in total. The molecule has 0 aliphatic heterocycles. The first-order valence-corrected chi connectivity index (χ1v) is 6.25. The molecule has 1 aromatic heterocycles. The molecule has 84 valence electrons. The highest BCUT2D eigenvalue weighted by atomic mass is 79.9. The molecule has 0 aliphatic carbocycles. The van der Waals surface area contributed by atoms with E-state index in [0.717, 1.165) is 21.5 Å². The molecular formula is C11H10BrNO2S. The number of thiazole rings is 1. The molecule has 0 saturated carbocycles. The van der Waals surface area contributed by atoms with Crippen LogP contribution in [0.15, 0.2) is 28.1 Å². The highest BCUT2D eigenvalue weighted by molar-refractivity contribution is 9.10. The number of hydrogen-bond acceptors (Lipinski definition) is 4. The Balaban J connectivity index is 2.37. The van der Waals surface area contributed by atoms with Crippen molar-refractivity contribution in [3.8, 4) is 22.2 Å². The summed E-state index contributed by atoms with van der Waals surface area (Å²) in [5.74, 6) is 0.811. The quantitative estimate of drug-likeness (QED) is 0.868. The van der Waals surface area contributed by atoms with E-state index < -0.39 is 0 Å². The minimum atomic E-state index is 0.668. The van der Waals surface area contributed by atoms with Crippen molar-refractivity contribution in [2.24, 2.45) is 0 Å². The SMILES string of the molecule is COc1nc(-c2ccc(OC)c(Br)c2)cs1. The third-order valence-corrected chi connectivity index (χ3v) is 3.53. The Kier molecular flexibility index (Phi) is 3.46. The fraction of sp³-hybridized carbons (Fsp3) is 0.182. The lowest BCUT2D eigenvalue weighted by atomic mass is 10.2. The van der Waals surface area contributed by atoms with E-state index in [4.69, 9.17) is 9.47 Å². The minimum absolute atomic E-state index is 0.668. The van der Waals surface area contributed by atoms with Gasteiger partial charge in [-0.1, -0.05) is 11.3 Å². The summed E-state index contributed by atoms with van der Waals surface area (Å²) < 4.78 is 11.2. The van der Waals surface area contributed by atoms with E-state index in [2.05, 4.69) is 20.9 Å². The average Bonchev–Trinajstić information content (AvgIpc) is 2.77. The standard InChI is InChI=1S/C11H10BrNO2S/c1-14-10-4-3-7(5-8(10)12)9-6-16-11(13-9)15-2/h3-6H,1-2H3. The first-order valence-electron chi connectivity index (χ1n) is 4.58. The number of rotatable bonds is 3. The summed E-state index contributed by atoms with van der Waals surface area (Å²) in [6.45, 7) is 0. The molecule has 3 nitrogen and oxygen atoms in total. The molecule has 1 aromatic carbocycles. The molecule has 0 radical (unpaired) electrons. The first kappa shape index (κ1) is 11.4. The van der Waals surface area contributed by atoms with Crippen molar-refractivity contribution < 1.29 is 9.47 Å². The van der Waals surface area contributed by atoms with Crippen LogP contribution in [0.3, 0.4) is 0 Å². The van der Waals surface area contributed by atoms with Crippen LogP contribution < -0.4 is 9.47 Å². The van der Waals surface area contributed by atoms with Gasteiger partial charge in [0.2, 0.25) is 0 Å². The Hall–Kier alpha value is -1.07. The van der Waals surface area contributed by atoms with Crippen LogP contribution in [-0.2, 0) is 0 Å². The molecule has 0 saturated heterocycles. The van der Waals surface area contributed by atoms with E-state index in [1.807, 2.05) is 23.6 Å². The van der Waals surface area contributed by atoms with Crippen molar-refractivity contribution in [1.82, 2.24) is 4.98 Å². The van der Waals surface area contributed by atoms with Crippen molar-refractivity contribution in [3.05, 3.63) is 28.1 Å². The van der Waals surface area contributed by atoms with Crippen LogP contribution in [0.25, 0.3) is 11.3 Å². The molecule has 5 heteroatoms. The maximum atomic E-state index is 5.17. The summed E-state index contributed by atoms with van der Waals surface area (Å²) in [7, 11) is 3.26. The summed E-state index contributed by atoms with van der Waals surface area (Å²) in [6, 6.07) is 5.86. The smallest absolute Gasteiger partial charge is 0.273 e. The van der Waals surface area contributed by atoms with Crippen molar-refractivity contribution in [3.63, 3.8) is 0 Å². The molecule has 0 amide bonds. The van der Waals surface area contributed by atoms with Gasteiger partial charge in [-0.05, 0) is 34.1 Å². The Bertz CT molecular complexity index is 498. The Morgan fingerprint density at radius 3 is 2.62 bits per heavy atom. The van der Waals surface area contributed by atoms with Gasteiger partial charge in [0.25, 0.3) is 5.19 Å². The van der Waals surface area contributed by atoms with Gasteiger partial charge < -0.3 is 9.47 Å². The highest BCUT2D eigenvalue weighted by Crippen LogP contribution is 2.32. The molecule has 0 unspecified atom stereocenters. The zero-order chi connectivity index (χ0) is 11.5. The Labute approximate surface area is 106 Å². The first-order chi connectivity index (χ1) is 7.74. The van der Waals surface area contributed by atoms with Crippen LogP contribution in [0.1, 0.15) is 0 Å². The molecule has 0 bridgehead atoms. The Morgan fingerprint density at radius 2 is 2.06 bits per heavy atom. The van der Waals surface area contributed by atoms with E-state index in [0.29, 0.717) is 5.19 Å². The molecule has 2 aromatic rings. The lowest BCUT2D eigenvalue weighted by molar-refractivity contribution is 0.412. The van der Waals surface area contributed by atoms with Gasteiger partial charge in [0.05, 0.1) is 24.4 Å². The predicted molar refractivity (Wildman–Crippen MR) is 68.4 cm³/mol. The molecule has 0 fully saturated rings. The van der Waals surface area contributed by atoms with Gasteiger partial charge in [0.15, 0.2) is 0 Å². The Morgan fingerprint density at radius 1 is 1.25 bits per heavy atom. The third-order valence-electron chi connectivity index (χ3n) is 2.11. The summed E-state index contributed by atoms with van der Waals surface area (Å²) in [5, 5.41) is 2.63. The van der Waals surface area contributed by atoms with E-state index in [9.17, 15) is 0 Å². The molecule has 2 rings (SSSR count). The number of halogens is 1. The number of methoxy groups -OCH3 is 2. The number of hydrogen-bond donors (Lipinski definition) is 0. The lowest BCUT2D eigenvalue weighted by Gasteiger charge is -2.04. The predicted octanol–water partition coefficient (Wildman–Crippen LogP) is 3.59. The molecule has 16 heavy (non-hydrogen) atoms. The second kappa shape index (κ2) is 4.84. The average molecular weight is 300 g/mol. The van der Waals surface area contributed by atoms with Gasteiger partial charge in [-0.3, -0.25) is 0 Å². The van der Waals surface area contributed by atoms with Crippen LogP contribution in [0.5, 0.6) is 10.9 Å². The summed E-state index contributed by atoms with van der Waals surface area (Å²) in [4.78, 5) is 4.33. The van der Waals surface area contributed by atoms with Gasteiger partial charge in [-0.2, -0.15) is 0 Å². The second-order valence-corrected chi connectivity index (χ2v) is 4.73. The van der Waals surface area contributed by atoms with Gasteiger partial charge in [0.1, 0.15) is 5.75 Å². The maximum absolute atomic E-state index is 5.17. The van der Waals surface area contributed by atoms with Gasteiger partial charge in [0, 0.05) is 10.9 Å². The van der Waals surface area contributed by atoms with Crippen molar-refractivity contribution in [2.75, 3.05) is 14.2 Å². The number of aromatic nitrogens is 1. The molecule has 0 spiro atoms. The van der Waals surface area contributed by atoms with Crippen LogP contribution in [0.4, 0.5) is 0 Å². The fourth-order valence-electron chi connectivity index (χ4n) is 1.31. The van der Waals surface area contributed by atoms with Gasteiger partial charge in [-0.25, -0.2) is 4.98 Å². The topological polar surface area (TPSA) is 31.4 Å². The van der Waals surface area contributed by atoms with Crippen molar-refractivity contribution in [2.45, 2.75) is 0 Å². The van der Waals surface area contributed by atoms with E-state index >= 15 is 0 Å². The van der Waals surface area contributed by atoms with Gasteiger partial charge >= 0.3 is 0 Å². The minimum Gasteiger partial charge on any atom is -0.496 e. The fourth-order valence-corrected chi connectivity index (χ4v) is 2.50. The highest BCUT2D eigenvalue weighted by Gasteiger charge is 2.07. The number of ether oxygens (including phenoxy) is 2. The van der Waals surface area contributed by atoms with Crippen molar-refractivity contribution in [1.29, 1.82) is 0 Å². The van der Waals surface area contributed by atoms with E-state index in [1.165, 1.54) is 11.3 Å². The largest absolute Gasteiger partial charge is 0.496 e. The summed E-state index contributed by atoms with van der Waals surface area (Å²) >= 11 is 4.93. The van der Waals surface area contributed by atoms with Crippen LogP contribution in [0.2, 0.25) is 0 Å². The summed E-state index contributed by atoms with van der Waals surface area (Å²) in [5.41, 5.74) is 1.94. The normalized spacial score (nSPS) is 10.2. The molecule has 0 atom stereocenters. The molecular weight excluding hydrogens is 290 g/mol. The zero-order valence-electron chi connectivity index (χ0n) is 8.86. The van der Waals surface area contributed by atoms with E-state index in [1.54, 1.807) is 14.2 Å². The monoisotopic (exact) mass is 299 g/mol. The lowest BCUT2D eigenvalue weighted by Crippen LogP contribution is -1.86. The number of nitrogens with zero attached hydrogens (tertiary/aromatic N) is 1. The van der Waals surface area contributed by atoms with Crippen molar-refractivity contribution >= 4 is 27.3 Å². The molecule has 0 aliphatic rings. The van der Waals surface area contributed by atoms with E-state index in [-0.39, 0.29) is 0 Å². The third kappa shape index (κ3) is 2.20. The summed E-state index contributed by atoms with van der Waals surface area (Å²) in [6.07, 6.45) is 0. The zero-order valence-corrected chi connectivity index (χ0v) is 11.3. The number of benzene rings is 1.